The maximum absolute atomic E-state index is 13.0. The van der Waals surface area contributed by atoms with Crippen LogP contribution in [-0.2, 0) is 19.1 Å². The summed E-state index contributed by atoms with van der Waals surface area (Å²) in [5, 5.41) is 5.88. The van der Waals surface area contributed by atoms with Crippen molar-refractivity contribution in [1.29, 1.82) is 0 Å². The van der Waals surface area contributed by atoms with Gasteiger partial charge < -0.3 is 30.7 Å². The SMILES string of the molecule is C=C(CC)OC(C)C(C)NC(=O)C1CCCN1C(=O)C(C)NC(=O)c1ccc(N)c(Cl)c1.CCCCCN1CCOCC1. The number of amides is 3. The molecule has 2 heterocycles. The zero-order valence-corrected chi connectivity index (χ0v) is 27.4. The van der Waals surface area contributed by atoms with Crippen molar-refractivity contribution in [2.24, 2.45) is 0 Å². The molecule has 4 atom stereocenters. The fourth-order valence-corrected chi connectivity index (χ4v) is 5.04. The van der Waals surface area contributed by atoms with E-state index in [4.69, 9.17) is 26.8 Å². The van der Waals surface area contributed by atoms with Gasteiger partial charge in [-0.1, -0.05) is 44.9 Å². The van der Waals surface area contributed by atoms with Crippen LogP contribution < -0.4 is 16.4 Å². The van der Waals surface area contributed by atoms with Crippen molar-refractivity contribution >= 4 is 35.0 Å². The van der Waals surface area contributed by atoms with Crippen molar-refractivity contribution in [3.63, 3.8) is 0 Å². The molecule has 0 aromatic heterocycles. The highest BCUT2D eigenvalue weighted by Crippen LogP contribution is 2.21. The number of allylic oxidation sites excluding steroid dienone is 1. The number of hydrogen-bond acceptors (Lipinski definition) is 7. The number of hydrogen-bond donors (Lipinski definition) is 3. The van der Waals surface area contributed by atoms with Gasteiger partial charge >= 0.3 is 0 Å². The van der Waals surface area contributed by atoms with Gasteiger partial charge in [-0.3, -0.25) is 19.3 Å². The minimum atomic E-state index is -0.806. The monoisotopic (exact) mass is 621 g/mol. The number of nitrogens with two attached hydrogens (primary N) is 1. The molecule has 0 radical (unpaired) electrons. The first kappa shape index (κ1) is 36.4. The summed E-state index contributed by atoms with van der Waals surface area (Å²) in [6, 6.07) is 2.88. The van der Waals surface area contributed by atoms with Crippen LogP contribution in [0, 0.1) is 0 Å². The Balaban J connectivity index is 0.000000490. The van der Waals surface area contributed by atoms with Crippen LogP contribution in [-0.4, -0.2) is 91.1 Å². The second-order valence-electron chi connectivity index (χ2n) is 11.3. The number of rotatable bonds is 13. The Morgan fingerprint density at radius 1 is 1.12 bits per heavy atom. The summed E-state index contributed by atoms with van der Waals surface area (Å²) < 4.78 is 10.9. The molecule has 1 aromatic carbocycles. The van der Waals surface area contributed by atoms with Crippen molar-refractivity contribution in [2.45, 2.75) is 97.4 Å². The minimum Gasteiger partial charge on any atom is -0.494 e. The van der Waals surface area contributed by atoms with Crippen molar-refractivity contribution in [3.05, 3.63) is 41.1 Å². The number of ether oxygens (including phenoxy) is 2. The zero-order chi connectivity index (χ0) is 31.9. The maximum Gasteiger partial charge on any atom is 0.251 e. The van der Waals surface area contributed by atoms with Gasteiger partial charge in [-0.2, -0.15) is 0 Å². The van der Waals surface area contributed by atoms with Gasteiger partial charge in [0.15, 0.2) is 0 Å². The average Bonchev–Trinajstić information content (AvgIpc) is 3.49. The third kappa shape index (κ3) is 12.0. The molecular weight excluding hydrogens is 570 g/mol. The van der Waals surface area contributed by atoms with Crippen LogP contribution >= 0.6 is 11.6 Å². The molecule has 3 amide bonds. The van der Waals surface area contributed by atoms with Gasteiger partial charge in [0.1, 0.15) is 18.2 Å². The molecule has 4 unspecified atom stereocenters. The molecule has 4 N–H and O–H groups in total. The average molecular weight is 622 g/mol. The molecule has 2 aliphatic rings. The number of carbonyl (C=O) groups is 3. The zero-order valence-electron chi connectivity index (χ0n) is 26.6. The molecular formula is C32H52ClN5O5. The highest BCUT2D eigenvalue weighted by atomic mass is 35.5. The van der Waals surface area contributed by atoms with Gasteiger partial charge in [-0.25, -0.2) is 0 Å². The molecule has 0 saturated carbocycles. The molecule has 242 valence electrons. The number of morpholine rings is 1. The largest absolute Gasteiger partial charge is 0.494 e. The van der Waals surface area contributed by atoms with Crippen molar-refractivity contribution in [2.75, 3.05) is 45.1 Å². The van der Waals surface area contributed by atoms with Crippen molar-refractivity contribution in [1.82, 2.24) is 20.4 Å². The number of unbranched alkanes of at least 4 members (excludes halogenated alkanes) is 2. The van der Waals surface area contributed by atoms with E-state index in [1.165, 1.54) is 48.9 Å². The van der Waals surface area contributed by atoms with Crippen LogP contribution in [0.25, 0.3) is 0 Å². The van der Waals surface area contributed by atoms with Crippen LogP contribution in [0.3, 0.4) is 0 Å². The quantitative estimate of drug-likeness (QED) is 0.170. The fraction of sp³-hybridized carbons (Fsp3) is 0.656. The van der Waals surface area contributed by atoms with Gasteiger partial charge in [-0.15, -0.1) is 0 Å². The Morgan fingerprint density at radius 2 is 1.81 bits per heavy atom. The summed E-state index contributed by atoms with van der Waals surface area (Å²) in [6.45, 7) is 19.2. The Labute approximate surface area is 262 Å². The van der Waals surface area contributed by atoms with Crippen LogP contribution in [0.2, 0.25) is 5.02 Å². The van der Waals surface area contributed by atoms with E-state index < -0.39 is 18.0 Å². The molecule has 3 rings (SSSR count). The van der Waals surface area contributed by atoms with E-state index in [1.807, 2.05) is 20.8 Å². The third-order valence-corrected chi connectivity index (χ3v) is 8.15. The van der Waals surface area contributed by atoms with Gasteiger partial charge in [0.05, 0.1) is 35.7 Å². The molecule has 0 aliphatic carbocycles. The predicted octanol–water partition coefficient (Wildman–Crippen LogP) is 4.37. The van der Waals surface area contributed by atoms with Gasteiger partial charge in [0.25, 0.3) is 5.91 Å². The summed E-state index contributed by atoms with van der Waals surface area (Å²) >= 11 is 5.98. The second kappa shape index (κ2) is 18.8. The summed E-state index contributed by atoms with van der Waals surface area (Å²) in [5.74, 6) is -0.328. The minimum absolute atomic E-state index is 0.232. The summed E-state index contributed by atoms with van der Waals surface area (Å²) in [5.41, 5.74) is 6.34. The number of carbonyl (C=O) groups excluding carboxylic acids is 3. The molecule has 43 heavy (non-hydrogen) atoms. The summed E-state index contributed by atoms with van der Waals surface area (Å²) in [4.78, 5) is 42.4. The highest BCUT2D eigenvalue weighted by Gasteiger charge is 2.37. The Morgan fingerprint density at radius 3 is 2.44 bits per heavy atom. The topological polar surface area (TPSA) is 126 Å². The summed E-state index contributed by atoms with van der Waals surface area (Å²) in [6.07, 6.45) is 5.78. The van der Waals surface area contributed by atoms with Crippen molar-refractivity contribution in [3.8, 4) is 0 Å². The molecule has 1 aromatic rings. The smallest absolute Gasteiger partial charge is 0.251 e. The first-order valence-corrected chi connectivity index (χ1v) is 16.0. The van der Waals surface area contributed by atoms with E-state index in [9.17, 15) is 14.4 Å². The van der Waals surface area contributed by atoms with E-state index in [2.05, 4.69) is 29.0 Å². The van der Waals surface area contributed by atoms with E-state index in [-0.39, 0.29) is 29.0 Å². The maximum atomic E-state index is 13.0. The third-order valence-electron chi connectivity index (χ3n) is 7.82. The summed E-state index contributed by atoms with van der Waals surface area (Å²) in [7, 11) is 0. The number of anilines is 1. The number of nitrogens with zero attached hydrogens (tertiary/aromatic N) is 2. The lowest BCUT2D eigenvalue weighted by Gasteiger charge is -2.29. The van der Waals surface area contributed by atoms with Gasteiger partial charge in [-0.05, 0) is 64.8 Å². The molecule has 10 nitrogen and oxygen atoms in total. The Kier molecular flexibility index (Phi) is 15.9. The Hall–Kier alpha value is -2.82. The predicted molar refractivity (Wildman–Crippen MR) is 172 cm³/mol. The molecule has 2 aliphatic heterocycles. The molecule has 11 heteroatoms. The first-order valence-electron chi connectivity index (χ1n) is 15.6. The van der Waals surface area contributed by atoms with E-state index >= 15 is 0 Å². The first-order chi connectivity index (χ1) is 20.5. The lowest BCUT2D eigenvalue weighted by Crippen LogP contribution is -2.54. The van der Waals surface area contributed by atoms with Crippen LogP contribution in [0.1, 0.15) is 83.5 Å². The lowest BCUT2D eigenvalue weighted by atomic mass is 10.1. The number of halogens is 1. The normalized spacial score (nSPS) is 18.9. The molecule has 0 bridgehead atoms. The molecule has 2 fully saturated rings. The fourth-order valence-electron chi connectivity index (χ4n) is 4.86. The van der Waals surface area contributed by atoms with E-state index in [0.717, 1.165) is 26.3 Å². The van der Waals surface area contributed by atoms with E-state index in [1.54, 1.807) is 6.92 Å². The van der Waals surface area contributed by atoms with Crippen LogP contribution in [0.15, 0.2) is 30.5 Å². The lowest BCUT2D eigenvalue weighted by molar-refractivity contribution is -0.140. The van der Waals surface area contributed by atoms with Crippen LogP contribution in [0.5, 0.6) is 0 Å². The van der Waals surface area contributed by atoms with Gasteiger partial charge in [0.2, 0.25) is 11.8 Å². The number of nitrogen functional groups attached to an aromatic ring is 1. The van der Waals surface area contributed by atoms with E-state index in [0.29, 0.717) is 42.8 Å². The van der Waals surface area contributed by atoms with Crippen LogP contribution in [0.4, 0.5) is 5.69 Å². The van der Waals surface area contributed by atoms with Crippen molar-refractivity contribution < 1.29 is 23.9 Å². The number of likely N-dealkylation sites (tertiary alicyclic amines) is 1. The molecule has 2 saturated heterocycles. The Bertz CT molecular complexity index is 1060. The van der Waals surface area contributed by atoms with Gasteiger partial charge in [0, 0.05) is 31.6 Å². The highest BCUT2D eigenvalue weighted by molar-refractivity contribution is 6.33. The number of benzene rings is 1. The standard InChI is InChI=1S/C23H33ClN4O4.C9H19NO/c1-6-13(2)32-16(5)14(3)26-22(30)20-8-7-11-28(20)23(31)15(4)27-21(29)17-9-10-19(25)18(24)12-17;1-2-3-4-5-10-6-8-11-9-7-10/h9-10,12,14-16,20H,2,6-8,11,25H2,1,3-5H3,(H,26,30)(H,27,29);2-9H2,1H3. The molecule has 0 spiro atoms. The second-order valence-corrected chi connectivity index (χ2v) is 11.7. The number of nitrogens with one attached hydrogen (secondary N) is 2.